The van der Waals surface area contributed by atoms with E-state index >= 15 is 0 Å². The quantitative estimate of drug-likeness (QED) is 0.791. The highest BCUT2D eigenvalue weighted by Gasteiger charge is 2.09. The zero-order valence-electron chi connectivity index (χ0n) is 10.0. The highest BCUT2D eigenvalue weighted by molar-refractivity contribution is 5.56. The molecule has 0 fully saturated rings. The molecule has 0 aromatic carbocycles. The minimum atomic E-state index is 0.380. The minimum absolute atomic E-state index is 0.380. The largest absolute Gasteiger partial charge is 0.334 e. The van der Waals surface area contributed by atoms with Crippen molar-refractivity contribution in [1.82, 2.24) is 20.3 Å². The van der Waals surface area contributed by atoms with E-state index in [1.54, 1.807) is 6.20 Å². The number of hydrogen-bond acceptors (Lipinski definition) is 2. The summed E-state index contributed by atoms with van der Waals surface area (Å²) >= 11 is 0. The molecule has 1 N–H and O–H groups in total. The lowest BCUT2D eigenvalue weighted by Crippen LogP contribution is -2.08. The second-order valence-corrected chi connectivity index (χ2v) is 4.05. The summed E-state index contributed by atoms with van der Waals surface area (Å²) in [6.07, 6.45) is 9.38. The van der Waals surface area contributed by atoms with Crippen LogP contribution in [0.2, 0.25) is 0 Å². The van der Waals surface area contributed by atoms with Crippen LogP contribution in [0.4, 0.5) is 0 Å². The fraction of sp³-hybridized carbons (Fsp3) is 0.385. The molecule has 0 amide bonds. The van der Waals surface area contributed by atoms with Crippen molar-refractivity contribution >= 4 is 0 Å². The maximum atomic E-state index is 7.31. The first-order valence-electron chi connectivity index (χ1n) is 5.93. The second-order valence-electron chi connectivity index (χ2n) is 4.05. The molecule has 1 radical (unpaired) electrons. The molecule has 1 atom stereocenters. The molecule has 89 valence electrons. The van der Waals surface area contributed by atoms with E-state index in [4.69, 9.17) is 5.73 Å². The van der Waals surface area contributed by atoms with Gasteiger partial charge in [-0.15, -0.1) is 0 Å². The SMILES string of the molecule is CC[C@@H](CC[NH])n1cnc(-c2cccnc2)c1. The standard InChI is InChI=1S/C13H17N4/c1-2-12(5-6-14)17-9-13(16-10-17)11-4-3-7-15-8-11/h3-4,7-10,12,14H,2,5-6H2,1H3/t12-/m0/s1. The van der Waals surface area contributed by atoms with Crippen LogP contribution in [0.1, 0.15) is 25.8 Å². The molecule has 0 aliphatic rings. The molecule has 2 heterocycles. The molecule has 0 saturated heterocycles. The summed E-state index contributed by atoms with van der Waals surface area (Å²) in [5, 5.41) is 0. The monoisotopic (exact) mass is 229 g/mol. The average molecular weight is 229 g/mol. The molecule has 4 heteroatoms. The van der Waals surface area contributed by atoms with Crippen LogP contribution in [0.3, 0.4) is 0 Å². The van der Waals surface area contributed by atoms with Crippen molar-refractivity contribution in [3.63, 3.8) is 0 Å². The van der Waals surface area contributed by atoms with E-state index in [1.165, 1.54) is 0 Å². The number of aromatic nitrogens is 3. The number of rotatable bonds is 5. The Kier molecular flexibility index (Phi) is 3.88. The number of nitrogens with zero attached hydrogens (tertiary/aromatic N) is 3. The van der Waals surface area contributed by atoms with Crippen LogP contribution < -0.4 is 5.73 Å². The summed E-state index contributed by atoms with van der Waals surface area (Å²) in [5.74, 6) is 0. The molecule has 2 aromatic rings. The number of nitrogens with one attached hydrogen (secondary N) is 1. The molecular weight excluding hydrogens is 212 g/mol. The number of imidazole rings is 1. The van der Waals surface area contributed by atoms with Crippen LogP contribution in [0.15, 0.2) is 37.1 Å². The van der Waals surface area contributed by atoms with Gasteiger partial charge in [0.05, 0.1) is 12.0 Å². The Hall–Kier alpha value is -1.68. The minimum Gasteiger partial charge on any atom is -0.334 e. The van der Waals surface area contributed by atoms with Crippen LogP contribution in [-0.2, 0) is 0 Å². The van der Waals surface area contributed by atoms with Crippen LogP contribution >= 0.6 is 0 Å². The van der Waals surface area contributed by atoms with Gasteiger partial charge in [0.25, 0.3) is 0 Å². The lowest BCUT2D eigenvalue weighted by Gasteiger charge is -2.14. The van der Waals surface area contributed by atoms with Crippen molar-refractivity contribution in [3.8, 4) is 11.3 Å². The van der Waals surface area contributed by atoms with Gasteiger partial charge in [-0.1, -0.05) is 6.92 Å². The van der Waals surface area contributed by atoms with E-state index in [1.807, 2.05) is 30.9 Å². The molecule has 4 nitrogen and oxygen atoms in total. The predicted octanol–water partition coefficient (Wildman–Crippen LogP) is 2.57. The first kappa shape index (κ1) is 11.8. The third-order valence-electron chi connectivity index (χ3n) is 2.93. The highest BCUT2D eigenvalue weighted by Crippen LogP contribution is 2.20. The molecule has 0 unspecified atom stereocenters. The van der Waals surface area contributed by atoms with Crippen molar-refractivity contribution < 1.29 is 0 Å². The van der Waals surface area contributed by atoms with Gasteiger partial charge in [-0.05, 0) is 25.0 Å². The van der Waals surface area contributed by atoms with E-state index in [-0.39, 0.29) is 0 Å². The van der Waals surface area contributed by atoms with Crippen LogP contribution in [-0.4, -0.2) is 21.1 Å². The maximum absolute atomic E-state index is 7.31. The molecule has 0 spiro atoms. The van der Waals surface area contributed by atoms with Gasteiger partial charge in [0.15, 0.2) is 0 Å². The Morgan fingerprint density at radius 3 is 3.00 bits per heavy atom. The van der Waals surface area contributed by atoms with Crippen LogP contribution in [0.5, 0.6) is 0 Å². The topological polar surface area (TPSA) is 54.5 Å². The van der Waals surface area contributed by atoms with Gasteiger partial charge < -0.3 is 4.57 Å². The smallest absolute Gasteiger partial charge is 0.0956 e. The molecule has 0 saturated carbocycles. The van der Waals surface area contributed by atoms with E-state index in [0.717, 1.165) is 24.1 Å². The van der Waals surface area contributed by atoms with Gasteiger partial charge in [0, 0.05) is 36.7 Å². The summed E-state index contributed by atoms with van der Waals surface area (Å²) < 4.78 is 2.11. The highest BCUT2D eigenvalue weighted by atomic mass is 15.1. The zero-order valence-corrected chi connectivity index (χ0v) is 10.0. The van der Waals surface area contributed by atoms with E-state index in [9.17, 15) is 0 Å². The summed E-state index contributed by atoms with van der Waals surface area (Å²) in [4.78, 5) is 8.49. The van der Waals surface area contributed by atoms with E-state index in [2.05, 4.69) is 21.5 Å². The Labute approximate surface area is 102 Å². The van der Waals surface area contributed by atoms with Crippen LogP contribution in [0, 0.1) is 0 Å². The normalized spacial score (nSPS) is 12.6. The number of pyridine rings is 1. The molecule has 17 heavy (non-hydrogen) atoms. The number of hydrogen-bond donors (Lipinski definition) is 0. The summed E-state index contributed by atoms with van der Waals surface area (Å²) in [6.45, 7) is 2.60. The Morgan fingerprint density at radius 1 is 1.47 bits per heavy atom. The van der Waals surface area contributed by atoms with Gasteiger partial charge in [-0.25, -0.2) is 4.98 Å². The predicted molar refractivity (Wildman–Crippen MR) is 67.4 cm³/mol. The van der Waals surface area contributed by atoms with Crippen molar-refractivity contribution in [2.75, 3.05) is 6.54 Å². The fourth-order valence-electron chi connectivity index (χ4n) is 1.93. The van der Waals surface area contributed by atoms with Crippen molar-refractivity contribution in [2.45, 2.75) is 25.8 Å². The molecule has 0 aliphatic heterocycles. The van der Waals surface area contributed by atoms with E-state index < -0.39 is 0 Å². The first-order valence-corrected chi connectivity index (χ1v) is 5.93. The fourth-order valence-corrected chi connectivity index (χ4v) is 1.93. The summed E-state index contributed by atoms with van der Waals surface area (Å²) in [5.41, 5.74) is 9.29. The maximum Gasteiger partial charge on any atom is 0.0956 e. The summed E-state index contributed by atoms with van der Waals surface area (Å²) in [6, 6.07) is 4.30. The summed E-state index contributed by atoms with van der Waals surface area (Å²) in [7, 11) is 0. The van der Waals surface area contributed by atoms with Gasteiger partial charge in [0.2, 0.25) is 0 Å². The second kappa shape index (κ2) is 5.59. The average Bonchev–Trinajstić information content (AvgIpc) is 2.86. The molecule has 0 bridgehead atoms. The van der Waals surface area contributed by atoms with Crippen molar-refractivity contribution in [1.29, 1.82) is 0 Å². The Morgan fingerprint density at radius 2 is 2.35 bits per heavy atom. The molecule has 0 aliphatic carbocycles. The Bertz CT molecular complexity index is 449. The third-order valence-corrected chi connectivity index (χ3v) is 2.93. The third kappa shape index (κ3) is 2.71. The lowest BCUT2D eigenvalue weighted by atomic mass is 10.1. The molecule has 2 aromatic heterocycles. The first-order chi connectivity index (χ1) is 8.35. The van der Waals surface area contributed by atoms with Gasteiger partial charge in [-0.3, -0.25) is 10.7 Å². The van der Waals surface area contributed by atoms with Gasteiger partial charge in [-0.2, -0.15) is 0 Å². The van der Waals surface area contributed by atoms with E-state index in [0.29, 0.717) is 12.6 Å². The van der Waals surface area contributed by atoms with Gasteiger partial charge in [0.1, 0.15) is 0 Å². The Balaban J connectivity index is 2.21. The van der Waals surface area contributed by atoms with Gasteiger partial charge >= 0.3 is 0 Å². The van der Waals surface area contributed by atoms with Crippen LogP contribution in [0.25, 0.3) is 11.3 Å². The zero-order chi connectivity index (χ0) is 12.1. The molecule has 2 rings (SSSR count). The molecular formula is C13H17N4. The van der Waals surface area contributed by atoms with Crippen molar-refractivity contribution in [2.24, 2.45) is 0 Å². The lowest BCUT2D eigenvalue weighted by molar-refractivity contribution is 0.456. The van der Waals surface area contributed by atoms with Crippen molar-refractivity contribution in [3.05, 3.63) is 37.1 Å².